The topological polar surface area (TPSA) is 86.4 Å². The van der Waals surface area contributed by atoms with Gasteiger partial charge in [-0.25, -0.2) is 9.97 Å². The summed E-state index contributed by atoms with van der Waals surface area (Å²) in [7, 11) is 0. The molecule has 1 aliphatic rings. The fourth-order valence-electron chi connectivity index (χ4n) is 5.15. The number of piperidine rings is 1. The van der Waals surface area contributed by atoms with Gasteiger partial charge < -0.3 is 4.98 Å². The van der Waals surface area contributed by atoms with Crippen LogP contribution in [0.15, 0.2) is 61.1 Å². The molecule has 6 aromatic rings. The van der Waals surface area contributed by atoms with Crippen molar-refractivity contribution in [3.63, 3.8) is 0 Å². The summed E-state index contributed by atoms with van der Waals surface area (Å²) in [6, 6.07) is 13.4. The summed E-state index contributed by atoms with van der Waals surface area (Å²) in [5.41, 5.74) is 7.16. The molecule has 9 heteroatoms. The van der Waals surface area contributed by atoms with E-state index in [1.165, 1.54) is 30.9 Å². The maximum atomic E-state index is 13.7. The van der Waals surface area contributed by atoms with E-state index in [1.807, 2.05) is 36.8 Å². The largest absolute Gasteiger partial charge is 0.337 e. The fraction of sp³-hybridized carbons (Fsp3) is 0.214. The first-order valence-corrected chi connectivity index (χ1v) is 13.3. The van der Waals surface area contributed by atoms with Crippen LogP contribution in [0.2, 0.25) is 0 Å². The number of thiophene rings is 1. The summed E-state index contributed by atoms with van der Waals surface area (Å²) >= 11 is 1.12. The van der Waals surface area contributed by atoms with Crippen molar-refractivity contribution in [3.05, 3.63) is 71.7 Å². The van der Waals surface area contributed by atoms with Gasteiger partial charge in [0.25, 0.3) is 0 Å². The zero-order valence-corrected chi connectivity index (χ0v) is 20.9. The number of para-hydroxylation sites is 1. The molecule has 5 aromatic heterocycles. The van der Waals surface area contributed by atoms with Crippen molar-refractivity contribution < 1.29 is 4.39 Å². The van der Waals surface area contributed by atoms with Crippen molar-refractivity contribution >= 4 is 33.4 Å². The van der Waals surface area contributed by atoms with E-state index in [9.17, 15) is 4.39 Å². The molecule has 0 radical (unpaired) electrons. The highest BCUT2D eigenvalue weighted by molar-refractivity contribution is 7.14. The van der Waals surface area contributed by atoms with Gasteiger partial charge in [0, 0.05) is 46.7 Å². The number of rotatable bonds is 5. The lowest BCUT2D eigenvalue weighted by atomic mass is 10.1. The fourth-order valence-corrected chi connectivity index (χ4v) is 5.91. The van der Waals surface area contributed by atoms with Gasteiger partial charge in [-0.2, -0.15) is 9.49 Å². The molecule has 6 heterocycles. The van der Waals surface area contributed by atoms with E-state index in [1.54, 1.807) is 6.07 Å². The SMILES string of the molecule is Fc1ccc(-c2cccc3[nH]c(-c4n[nH]c5ncc(-c6cncc(CN7CCCCC7)c6)cc45)nc23)s1. The highest BCUT2D eigenvalue weighted by Gasteiger charge is 2.17. The highest BCUT2D eigenvalue weighted by Crippen LogP contribution is 2.35. The zero-order valence-electron chi connectivity index (χ0n) is 20.0. The molecule has 0 aliphatic carbocycles. The minimum atomic E-state index is -0.214. The normalized spacial score (nSPS) is 14.6. The number of aromatic amines is 2. The average molecular weight is 510 g/mol. The van der Waals surface area contributed by atoms with E-state index >= 15 is 0 Å². The maximum Gasteiger partial charge on any atom is 0.176 e. The maximum absolute atomic E-state index is 13.7. The van der Waals surface area contributed by atoms with Crippen molar-refractivity contribution in [3.8, 4) is 33.1 Å². The van der Waals surface area contributed by atoms with Crippen LogP contribution in [-0.4, -0.2) is 48.1 Å². The van der Waals surface area contributed by atoms with E-state index in [2.05, 4.69) is 42.2 Å². The Morgan fingerprint density at radius 1 is 0.973 bits per heavy atom. The summed E-state index contributed by atoms with van der Waals surface area (Å²) in [6.07, 6.45) is 9.56. The van der Waals surface area contributed by atoms with E-state index in [0.717, 1.165) is 69.0 Å². The first-order chi connectivity index (χ1) is 18.2. The molecule has 0 bridgehead atoms. The molecule has 0 spiro atoms. The minimum absolute atomic E-state index is 0.214. The Labute approximate surface area is 216 Å². The van der Waals surface area contributed by atoms with Crippen LogP contribution < -0.4 is 0 Å². The quantitative estimate of drug-likeness (QED) is 0.280. The molecular weight excluding hydrogens is 485 g/mol. The van der Waals surface area contributed by atoms with Gasteiger partial charge in [0.1, 0.15) is 5.69 Å². The zero-order chi connectivity index (χ0) is 24.8. The smallest absolute Gasteiger partial charge is 0.176 e. The third kappa shape index (κ3) is 4.20. The Morgan fingerprint density at radius 3 is 2.73 bits per heavy atom. The van der Waals surface area contributed by atoms with E-state index < -0.39 is 0 Å². The average Bonchev–Trinajstić information content (AvgIpc) is 3.66. The highest BCUT2D eigenvalue weighted by atomic mass is 32.1. The third-order valence-electron chi connectivity index (χ3n) is 6.98. The predicted octanol–water partition coefficient (Wildman–Crippen LogP) is 6.42. The Hall–Kier alpha value is -3.95. The van der Waals surface area contributed by atoms with Crippen LogP contribution in [0.1, 0.15) is 24.8 Å². The van der Waals surface area contributed by atoms with Crippen molar-refractivity contribution in [2.75, 3.05) is 13.1 Å². The summed E-state index contributed by atoms with van der Waals surface area (Å²) in [6.45, 7) is 3.22. The lowest BCUT2D eigenvalue weighted by molar-refractivity contribution is 0.220. The number of halogens is 1. The van der Waals surface area contributed by atoms with Crippen LogP contribution >= 0.6 is 11.3 Å². The number of pyridine rings is 2. The number of nitrogens with one attached hydrogen (secondary N) is 2. The number of likely N-dealkylation sites (tertiary alicyclic amines) is 1. The van der Waals surface area contributed by atoms with Gasteiger partial charge >= 0.3 is 0 Å². The summed E-state index contributed by atoms with van der Waals surface area (Å²) in [5.74, 6) is 0.640. The van der Waals surface area contributed by atoms with Crippen LogP contribution in [-0.2, 0) is 6.54 Å². The molecule has 1 fully saturated rings. The van der Waals surface area contributed by atoms with E-state index in [-0.39, 0.29) is 5.13 Å². The number of fused-ring (bicyclic) bond motifs is 2. The molecule has 7 nitrogen and oxygen atoms in total. The standard InChI is InChI=1S/C28H24FN7S/c29-24-8-7-23(37-24)20-5-4-6-22-25(20)33-28(32-22)26-21-12-19(15-31-27(21)35-34-26)18-11-17(13-30-14-18)16-36-9-2-1-3-10-36/h4-8,11-15H,1-3,9-10,16H2,(H,32,33)(H,31,34,35). The third-order valence-corrected chi connectivity index (χ3v) is 7.88. The van der Waals surface area contributed by atoms with Gasteiger partial charge in [-0.3, -0.25) is 15.0 Å². The van der Waals surface area contributed by atoms with E-state index in [4.69, 9.17) is 4.98 Å². The summed E-state index contributed by atoms with van der Waals surface area (Å²) in [5, 5.41) is 8.23. The Morgan fingerprint density at radius 2 is 1.86 bits per heavy atom. The molecule has 0 amide bonds. The molecule has 1 aromatic carbocycles. The van der Waals surface area contributed by atoms with Crippen LogP contribution in [0.5, 0.6) is 0 Å². The molecule has 0 saturated carbocycles. The number of nitrogens with zero attached hydrogens (tertiary/aromatic N) is 5. The van der Waals surface area contributed by atoms with Crippen LogP contribution in [0.4, 0.5) is 4.39 Å². The second-order valence-electron chi connectivity index (χ2n) is 9.50. The second-order valence-corrected chi connectivity index (χ2v) is 10.5. The van der Waals surface area contributed by atoms with Gasteiger partial charge in [0.05, 0.1) is 16.4 Å². The van der Waals surface area contributed by atoms with Gasteiger partial charge in [-0.1, -0.05) is 18.6 Å². The predicted molar refractivity (Wildman–Crippen MR) is 145 cm³/mol. The molecule has 37 heavy (non-hydrogen) atoms. The minimum Gasteiger partial charge on any atom is -0.337 e. The number of aromatic nitrogens is 6. The first-order valence-electron chi connectivity index (χ1n) is 12.5. The number of hydrogen-bond donors (Lipinski definition) is 2. The summed E-state index contributed by atoms with van der Waals surface area (Å²) in [4.78, 5) is 20.8. The number of benzene rings is 1. The molecule has 0 unspecified atom stereocenters. The molecule has 2 N–H and O–H groups in total. The van der Waals surface area contributed by atoms with Crippen LogP contribution in [0.25, 0.3) is 55.2 Å². The Bertz CT molecular complexity index is 1730. The van der Waals surface area contributed by atoms with Crippen LogP contribution in [0, 0.1) is 5.13 Å². The van der Waals surface area contributed by atoms with Crippen molar-refractivity contribution in [2.45, 2.75) is 25.8 Å². The number of H-pyrrole nitrogens is 2. The Kier molecular flexibility index (Phi) is 5.52. The van der Waals surface area contributed by atoms with Crippen LogP contribution in [0.3, 0.4) is 0 Å². The van der Waals surface area contributed by atoms with Crippen molar-refractivity contribution in [1.82, 2.24) is 35.0 Å². The number of imidazole rings is 1. The lowest BCUT2D eigenvalue weighted by Crippen LogP contribution is -2.29. The molecule has 184 valence electrons. The lowest BCUT2D eigenvalue weighted by Gasteiger charge is -2.26. The molecule has 1 aliphatic heterocycles. The molecule has 7 rings (SSSR count). The molecule has 0 atom stereocenters. The van der Waals surface area contributed by atoms with Gasteiger partial charge in [-0.05, 0) is 61.8 Å². The first kappa shape index (κ1) is 22.3. The molecular formula is C28H24FN7S. The number of hydrogen-bond acceptors (Lipinski definition) is 6. The van der Waals surface area contributed by atoms with Crippen molar-refractivity contribution in [2.24, 2.45) is 0 Å². The second kappa shape index (κ2) is 9.17. The molecule has 1 saturated heterocycles. The Balaban J connectivity index is 1.26. The summed E-state index contributed by atoms with van der Waals surface area (Å²) < 4.78 is 13.7. The van der Waals surface area contributed by atoms with Gasteiger partial charge in [0.15, 0.2) is 16.6 Å². The van der Waals surface area contributed by atoms with Gasteiger partial charge in [-0.15, -0.1) is 11.3 Å². The van der Waals surface area contributed by atoms with Crippen molar-refractivity contribution in [1.29, 1.82) is 0 Å². The monoisotopic (exact) mass is 509 g/mol. The van der Waals surface area contributed by atoms with Gasteiger partial charge in [0.2, 0.25) is 0 Å². The van der Waals surface area contributed by atoms with E-state index in [0.29, 0.717) is 17.2 Å².